The number of rotatable bonds is 2. The molecule has 5 heteroatoms. The quantitative estimate of drug-likeness (QED) is 0.853. The largest absolute Gasteiger partial charge is 0.388 e. The maximum Gasteiger partial charge on any atom is 0.248 e. The van der Waals surface area contributed by atoms with Gasteiger partial charge in [0.1, 0.15) is 5.82 Å². The maximum absolute atomic E-state index is 13.1. The molecule has 2 rings (SSSR count). The van der Waals surface area contributed by atoms with Gasteiger partial charge in [0.25, 0.3) is 0 Å². The molecule has 0 heterocycles. The third-order valence-electron chi connectivity index (χ3n) is 3.48. The van der Waals surface area contributed by atoms with E-state index in [1.807, 2.05) is 0 Å². The highest BCUT2D eigenvalue weighted by Crippen LogP contribution is 2.42. The van der Waals surface area contributed by atoms with Crippen LogP contribution in [0.1, 0.15) is 37.4 Å². The van der Waals surface area contributed by atoms with Gasteiger partial charge in [-0.15, -0.1) is 0 Å². The monoisotopic (exact) mass is 278 g/mol. The Labute approximate surface area is 109 Å². The second kappa shape index (κ2) is 5.10. The summed E-state index contributed by atoms with van der Waals surface area (Å²) in [6.07, 6.45) is -1.00. The highest BCUT2D eigenvalue weighted by Gasteiger charge is 2.37. The van der Waals surface area contributed by atoms with Crippen LogP contribution in [0, 0.1) is 11.7 Å². The van der Waals surface area contributed by atoms with Crippen LogP contribution in [0.2, 0.25) is 5.02 Å². The van der Waals surface area contributed by atoms with Crippen LogP contribution in [0.4, 0.5) is 13.2 Å². The summed E-state index contributed by atoms with van der Waals surface area (Å²) < 4.78 is 39.1. The average Bonchev–Trinajstić information content (AvgIpc) is 2.31. The Hall–Kier alpha value is -0.740. The smallest absolute Gasteiger partial charge is 0.248 e. The minimum absolute atomic E-state index is 0.223. The van der Waals surface area contributed by atoms with Gasteiger partial charge in [-0.05, 0) is 37.0 Å². The Bertz CT molecular complexity index is 426. The van der Waals surface area contributed by atoms with Crippen molar-refractivity contribution in [2.75, 3.05) is 0 Å². The van der Waals surface area contributed by atoms with Gasteiger partial charge in [0.05, 0.1) is 6.10 Å². The van der Waals surface area contributed by atoms with Crippen molar-refractivity contribution in [3.63, 3.8) is 0 Å². The van der Waals surface area contributed by atoms with Crippen molar-refractivity contribution in [1.82, 2.24) is 0 Å². The van der Waals surface area contributed by atoms with Gasteiger partial charge in [-0.2, -0.15) is 0 Å². The molecule has 1 aliphatic rings. The molecule has 1 saturated carbocycles. The normalized spacial score (nSPS) is 21.8. The van der Waals surface area contributed by atoms with Crippen LogP contribution >= 0.6 is 11.6 Å². The summed E-state index contributed by atoms with van der Waals surface area (Å²) in [5.41, 5.74) is 0.284. The minimum Gasteiger partial charge on any atom is -0.388 e. The Kier molecular flexibility index (Phi) is 3.87. The molecule has 0 bridgehead atoms. The number of aliphatic hydroxyl groups excluding tert-OH is 1. The van der Waals surface area contributed by atoms with Crippen LogP contribution in [-0.4, -0.2) is 11.0 Å². The molecule has 1 nitrogen and oxygen atoms in total. The number of hydrogen-bond acceptors (Lipinski definition) is 1. The van der Waals surface area contributed by atoms with Gasteiger partial charge in [0.2, 0.25) is 5.92 Å². The first-order chi connectivity index (χ1) is 8.39. The molecule has 1 fully saturated rings. The lowest BCUT2D eigenvalue weighted by atomic mass is 9.81. The maximum atomic E-state index is 13.1. The predicted octanol–water partition coefficient (Wildman–Crippen LogP) is 4.34. The predicted molar refractivity (Wildman–Crippen MR) is 63.3 cm³/mol. The van der Waals surface area contributed by atoms with Crippen molar-refractivity contribution in [3.8, 4) is 0 Å². The number of aliphatic hydroxyl groups is 1. The van der Waals surface area contributed by atoms with E-state index in [0.717, 1.165) is 0 Å². The van der Waals surface area contributed by atoms with Crippen LogP contribution in [0.15, 0.2) is 18.2 Å². The van der Waals surface area contributed by atoms with E-state index >= 15 is 0 Å². The second-order valence-electron chi connectivity index (χ2n) is 4.80. The molecular weight excluding hydrogens is 265 g/mol. The summed E-state index contributed by atoms with van der Waals surface area (Å²) in [4.78, 5) is 0. The molecule has 0 saturated heterocycles. The highest BCUT2D eigenvalue weighted by molar-refractivity contribution is 6.31. The fourth-order valence-electron chi connectivity index (χ4n) is 2.37. The fourth-order valence-corrected chi connectivity index (χ4v) is 2.60. The molecule has 1 aromatic carbocycles. The Morgan fingerprint density at radius 3 is 2.50 bits per heavy atom. The number of hydrogen-bond donors (Lipinski definition) is 1. The molecule has 100 valence electrons. The first-order valence-corrected chi connectivity index (χ1v) is 6.28. The van der Waals surface area contributed by atoms with E-state index in [1.165, 1.54) is 18.2 Å². The van der Waals surface area contributed by atoms with Crippen molar-refractivity contribution in [3.05, 3.63) is 34.6 Å². The second-order valence-corrected chi connectivity index (χ2v) is 5.21. The van der Waals surface area contributed by atoms with Crippen molar-refractivity contribution >= 4 is 11.6 Å². The van der Waals surface area contributed by atoms with Gasteiger partial charge in [0.15, 0.2) is 0 Å². The van der Waals surface area contributed by atoms with Gasteiger partial charge >= 0.3 is 0 Å². The van der Waals surface area contributed by atoms with E-state index in [2.05, 4.69) is 0 Å². The highest BCUT2D eigenvalue weighted by atomic mass is 35.5. The molecule has 18 heavy (non-hydrogen) atoms. The van der Waals surface area contributed by atoms with E-state index in [4.69, 9.17) is 11.6 Å². The molecule has 0 radical (unpaired) electrons. The summed E-state index contributed by atoms with van der Waals surface area (Å²) in [6.45, 7) is 0. The molecule has 0 aromatic heterocycles. The Balaban J connectivity index is 2.12. The molecule has 1 aromatic rings. The van der Waals surface area contributed by atoms with Gasteiger partial charge in [0, 0.05) is 23.4 Å². The van der Waals surface area contributed by atoms with Crippen LogP contribution in [0.5, 0.6) is 0 Å². The van der Waals surface area contributed by atoms with Gasteiger partial charge in [-0.1, -0.05) is 11.6 Å². The van der Waals surface area contributed by atoms with Gasteiger partial charge in [-0.3, -0.25) is 0 Å². The van der Waals surface area contributed by atoms with Gasteiger partial charge in [-0.25, -0.2) is 13.2 Å². The molecule has 1 atom stereocenters. The van der Waals surface area contributed by atoms with Crippen LogP contribution < -0.4 is 0 Å². The van der Waals surface area contributed by atoms with Crippen molar-refractivity contribution in [2.45, 2.75) is 37.7 Å². The Morgan fingerprint density at radius 1 is 1.28 bits per heavy atom. The number of benzene rings is 1. The summed E-state index contributed by atoms with van der Waals surface area (Å²) in [6, 6.07) is 3.74. The summed E-state index contributed by atoms with van der Waals surface area (Å²) in [5.74, 6) is -3.42. The van der Waals surface area contributed by atoms with Crippen LogP contribution in [0.25, 0.3) is 0 Å². The van der Waals surface area contributed by atoms with Crippen molar-refractivity contribution in [1.29, 1.82) is 0 Å². The molecular formula is C13H14ClF3O. The average molecular weight is 279 g/mol. The molecule has 0 amide bonds. The van der Waals surface area contributed by atoms with E-state index < -0.39 is 17.8 Å². The first-order valence-electron chi connectivity index (χ1n) is 5.90. The van der Waals surface area contributed by atoms with E-state index in [1.54, 1.807) is 0 Å². The zero-order valence-electron chi connectivity index (χ0n) is 9.67. The molecule has 0 aliphatic heterocycles. The van der Waals surface area contributed by atoms with Crippen LogP contribution in [0.3, 0.4) is 0 Å². The van der Waals surface area contributed by atoms with Gasteiger partial charge < -0.3 is 5.11 Å². The standard InChI is InChI=1S/C13H14ClF3O/c14-11-2-1-9(15)7-10(11)12(18)8-3-5-13(16,17)6-4-8/h1-2,7-8,12,18H,3-6H2. The van der Waals surface area contributed by atoms with E-state index in [0.29, 0.717) is 0 Å². The third-order valence-corrected chi connectivity index (χ3v) is 3.83. The van der Waals surface area contributed by atoms with Crippen LogP contribution in [-0.2, 0) is 0 Å². The summed E-state index contributed by atoms with van der Waals surface area (Å²) in [7, 11) is 0. The zero-order valence-corrected chi connectivity index (χ0v) is 10.4. The van der Waals surface area contributed by atoms with Crippen molar-refractivity contribution < 1.29 is 18.3 Å². The first kappa shape index (κ1) is 13.7. The lowest BCUT2D eigenvalue weighted by molar-refractivity contribution is -0.0627. The van der Waals surface area contributed by atoms with E-state index in [9.17, 15) is 18.3 Å². The van der Waals surface area contributed by atoms with E-state index in [-0.39, 0.29) is 42.2 Å². The lowest BCUT2D eigenvalue weighted by Gasteiger charge is -2.31. The molecule has 0 spiro atoms. The number of alkyl halides is 2. The van der Waals surface area contributed by atoms with Crippen molar-refractivity contribution in [2.24, 2.45) is 5.92 Å². The molecule has 1 unspecified atom stereocenters. The topological polar surface area (TPSA) is 20.2 Å². The summed E-state index contributed by atoms with van der Waals surface area (Å²) in [5, 5.41) is 10.4. The SMILES string of the molecule is OC(c1cc(F)ccc1Cl)C1CCC(F)(F)CC1. The lowest BCUT2D eigenvalue weighted by Crippen LogP contribution is -2.27. The third kappa shape index (κ3) is 2.98. The fraction of sp³-hybridized carbons (Fsp3) is 0.538. The minimum atomic E-state index is -2.64. The molecule has 1 N–H and O–H groups in total. The number of halogens is 4. The molecule has 1 aliphatic carbocycles. The zero-order chi connectivity index (χ0) is 13.3. The summed E-state index contributed by atoms with van der Waals surface area (Å²) >= 11 is 5.89. The Morgan fingerprint density at radius 2 is 1.89 bits per heavy atom.